The quantitative estimate of drug-likeness (QED) is 0.816. The van der Waals surface area contributed by atoms with Crippen LogP contribution in [0.15, 0.2) is 0 Å². The zero-order chi connectivity index (χ0) is 12.5. The van der Waals surface area contributed by atoms with Crippen molar-refractivity contribution in [1.29, 1.82) is 0 Å². The smallest absolute Gasteiger partial charge is 0.329 e. The standard InChI is InChI=1S/C12H21F3N2/c13-12(14,15)10-4-3-5-11(8-10,9-16)17-6-1-2-7-17/h10H,1-9,16H2. The van der Waals surface area contributed by atoms with Crippen LogP contribution >= 0.6 is 0 Å². The van der Waals surface area contributed by atoms with E-state index in [4.69, 9.17) is 5.73 Å². The second-order valence-corrected chi connectivity index (χ2v) is 5.46. The number of alkyl halides is 3. The van der Waals surface area contributed by atoms with Gasteiger partial charge in [-0.05, 0) is 45.2 Å². The van der Waals surface area contributed by atoms with Crippen molar-refractivity contribution in [3.63, 3.8) is 0 Å². The second kappa shape index (κ2) is 4.76. The Morgan fingerprint density at radius 2 is 1.82 bits per heavy atom. The van der Waals surface area contributed by atoms with Crippen molar-refractivity contribution in [2.45, 2.75) is 50.2 Å². The minimum Gasteiger partial charge on any atom is -0.329 e. The number of rotatable bonds is 2. The van der Waals surface area contributed by atoms with E-state index in [2.05, 4.69) is 4.90 Å². The van der Waals surface area contributed by atoms with Crippen LogP contribution in [-0.2, 0) is 0 Å². The van der Waals surface area contributed by atoms with Crippen molar-refractivity contribution in [3.8, 4) is 0 Å². The molecule has 0 spiro atoms. The lowest BCUT2D eigenvalue weighted by molar-refractivity contribution is -0.193. The second-order valence-electron chi connectivity index (χ2n) is 5.46. The largest absolute Gasteiger partial charge is 0.391 e. The molecule has 1 heterocycles. The van der Waals surface area contributed by atoms with Crippen molar-refractivity contribution in [3.05, 3.63) is 0 Å². The molecular weight excluding hydrogens is 229 g/mol. The maximum Gasteiger partial charge on any atom is 0.391 e. The molecule has 0 aromatic rings. The number of nitrogens with two attached hydrogens (primary N) is 1. The minimum atomic E-state index is -4.05. The fourth-order valence-corrected chi connectivity index (χ4v) is 3.41. The molecule has 2 N–H and O–H groups in total. The van der Waals surface area contributed by atoms with Crippen molar-refractivity contribution >= 4 is 0 Å². The summed E-state index contributed by atoms with van der Waals surface area (Å²) in [6.45, 7) is 2.20. The predicted molar refractivity (Wildman–Crippen MR) is 60.6 cm³/mol. The Hall–Kier alpha value is -0.290. The third-order valence-electron chi connectivity index (χ3n) is 4.44. The van der Waals surface area contributed by atoms with E-state index in [-0.39, 0.29) is 18.4 Å². The molecule has 0 amide bonds. The third kappa shape index (κ3) is 2.60. The first-order valence-corrected chi connectivity index (χ1v) is 6.50. The topological polar surface area (TPSA) is 29.3 Å². The molecule has 1 aliphatic heterocycles. The van der Waals surface area contributed by atoms with E-state index in [0.29, 0.717) is 13.0 Å². The molecule has 5 heteroatoms. The van der Waals surface area contributed by atoms with Gasteiger partial charge in [0.15, 0.2) is 0 Å². The molecule has 1 aliphatic carbocycles. The highest BCUT2D eigenvalue weighted by atomic mass is 19.4. The predicted octanol–water partition coefficient (Wildman–Crippen LogP) is 2.53. The Kier molecular flexibility index (Phi) is 3.69. The fourth-order valence-electron chi connectivity index (χ4n) is 3.41. The van der Waals surface area contributed by atoms with Gasteiger partial charge in [0.05, 0.1) is 5.92 Å². The molecule has 2 atom stereocenters. The summed E-state index contributed by atoms with van der Waals surface area (Å²) in [5.41, 5.74) is 5.43. The molecule has 0 aromatic heterocycles. The molecule has 100 valence electrons. The average molecular weight is 250 g/mol. The van der Waals surface area contributed by atoms with Crippen LogP contribution in [0.1, 0.15) is 38.5 Å². The van der Waals surface area contributed by atoms with Crippen LogP contribution in [0.3, 0.4) is 0 Å². The Morgan fingerprint density at radius 3 is 2.35 bits per heavy atom. The van der Waals surface area contributed by atoms with Gasteiger partial charge in [-0.1, -0.05) is 6.42 Å². The third-order valence-corrected chi connectivity index (χ3v) is 4.44. The summed E-state index contributed by atoms with van der Waals surface area (Å²) in [6, 6.07) is 0. The maximum absolute atomic E-state index is 12.8. The molecule has 2 rings (SSSR count). The Morgan fingerprint density at radius 1 is 1.18 bits per heavy atom. The molecule has 2 fully saturated rings. The van der Waals surface area contributed by atoms with Gasteiger partial charge in [0.2, 0.25) is 0 Å². The summed E-state index contributed by atoms with van der Waals surface area (Å²) >= 11 is 0. The molecular formula is C12H21F3N2. The van der Waals surface area contributed by atoms with E-state index in [1.807, 2.05) is 0 Å². The minimum absolute atomic E-state index is 0.201. The molecule has 1 saturated carbocycles. The van der Waals surface area contributed by atoms with Crippen LogP contribution in [0.25, 0.3) is 0 Å². The van der Waals surface area contributed by atoms with E-state index >= 15 is 0 Å². The molecule has 1 saturated heterocycles. The van der Waals surface area contributed by atoms with Gasteiger partial charge in [0.25, 0.3) is 0 Å². The van der Waals surface area contributed by atoms with Gasteiger partial charge < -0.3 is 5.73 Å². The first kappa shape index (κ1) is 13.1. The Labute approximate surface area is 100 Å². The highest BCUT2D eigenvalue weighted by Crippen LogP contribution is 2.44. The summed E-state index contributed by atoms with van der Waals surface area (Å²) in [5.74, 6) is -1.15. The summed E-state index contributed by atoms with van der Waals surface area (Å²) in [4.78, 5) is 2.21. The fraction of sp³-hybridized carbons (Fsp3) is 1.00. The highest BCUT2D eigenvalue weighted by Gasteiger charge is 2.49. The maximum atomic E-state index is 12.8. The number of hydrogen-bond donors (Lipinski definition) is 1. The average Bonchev–Trinajstić information content (AvgIpc) is 2.82. The number of halogens is 3. The van der Waals surface area contributed by atoms with E-state index in [9.17, 15) is 13.2 Å². The first-order valence-electron chi connectivity index (χ1n) is 6.50. The van der Waals surface area contributed by atoms with Crippen molar-refractivity contribution in [1.82, 2.24) is 4.90 Å². The summed E-state index contributed by atoms with van der Waals surface area (Å²) in [5, 5.41) is 0. The van der Waals surface area contributed by atoms with Crippen LogP contribution in [0, 0.1) is 5.92 Å². The lowest BCUT2D eigenvalue weighted by atomic mass is 9.74. The van der Waals surface area contributed by atoms with Gasteiger partial charge in [0, 0.05) is 12.1 Å². The van der Waals surface area contributed by atoms with Crippen molar-refractivity contribution in [2.24, 2.45) is 11.7 Å². The lowest BCUT2D eigenvalue weighted by Gasteiger charge is -2.47. The van der Waals surface area contributed by atoms with Gasteiger partial charge in [0.1, 0.15) is 0 Å². The van der Waals surface area contributed by atoms with E-state index < -0.39 is 12.1 Å². The van der Waals surface area contributed by atoms with Gasteiger partial charge in [-0.2, -0.15) is 13.2 Å². The van der Waals surface area contributed by atoms with Crippen LogP contribution in [-0.4, -0.2) is 36.2 Å². The number of likely N-dealkylation sites (tertiary alicyclic amines) is 1. The van der Waals surface area contributed by atoms with Gasteiger partial charge in [-0.25, -0.2) is 0 Å². The van der Waals surface area contributed by atoms with Gasteiger partial charge in [-0.3, -0.25) is 4.90 Å². The molecule has 2 unspecified atom stereocenters. The molecule has 2 nitrogen and oxygen atoms in total. The zero-order valence-corrected chi connectivity index (χ0v) is 10.1. The van der Waals surface area contributed by atoms with Crippen LogP contribution in [0.4, 0.5) is 13.2 Å². The summed E-state index contributed by atoms with van der Waals surface area (Å²) in [7, 11) is 0. The van der Waals surface area contributed by atoms with Crippen LogP contribution in [0.2, 0.25) is 0 Å². The molecule has 2 aliphatic rings. The Bertz CT molecular complexity index is 261. The highest BCUT2D eigenvalue weighted by molar-refractivity contribution is 4.99. The SMILES string of the molecule is NCC1(N2CCCC2)CCCC(C(F)(F)F)C1. The number of nitrogens with zero attached hydrogens (tertiary/aromatic N) is 1. The first-order chi connectivity index (χ1) is 7.98. The summed E-state index contributed by atoms with van der Waals surface area (Å²) < 4.78 is 38.5. The van der Waals surface area contributed by atoms with E-state index in [1.165, 1.54) is 0 Å². The number of hydrogen-bond acceptors (Lipinski definition) is 2. The van der Waals surface area contributed by atoms with Crippen molar-refractivity contribution < 1.29 is 13.2 Å². The van der Waals surface area contributed by atoms with Crippen LogP contribution < -0.4 is 5.73 Å². The van der Waals surface area contributed by atoms with Crippen molar-refractivity contribution in [2.75, 3.05) is 19.6 Å². The molecule has 0 bridgehead atoms. The van der Waals surface area contributed by atoms with Gasteiger partial charge in [-0.15, -0.1) is 0 Å². The molecule has 0 radical (unpaired) electrons. The van der Waals surface area contributed by atoms with Crippen LogP contribution in [0.5, 0.6) is 0 Å². The van der Waals surface area contributed by atoms with E-state index in [0.717, 1.165) is 32.4 Å². The molecule has 17 heavy (non-hydrogen) atoms. The normalized spacial score (nSPS) is 36.4. The lowest BCUT2D eigenvalue weighted by Crippen LogP contribution is -2.56. The zero-order valence-electron chi connectivity index (χ0n) is 10.1. The summed E-state index contributed by atoms with van der Waals surface area (Å²) in [6.07, 6.45) is 0.0947. The monoisotopic (exact) mass is 250 g/mol. The molecule has 0 aromatic carbocycles. The van der Waals surface area contributed by atoms with E-state index in [1.54, 1.807) is 0 Å². The Balaban J connectivity index is 2.11. The van der Waals surface area contributed by atoms with Gasteiger partial charge >= 0.3 is 6.18 Å².